The fraction of sp³-hybridized carbons (Fsp3) is 1.00. The van der Waals surface area contributed by atoms with E-state index >= 15 is 0 Å². The Hall–Kier alpha value is -0.0800. The summed E-state index contributed by atoms with van der Waals surface area (Å²) in [6.45, 7) is 9.40. The lowest BCUT2D eigenvalue weighted by molar-refractivity contribution is 0.0788. The molecule has 0 aliphatic carbocycles. The number of rotatable bonds is 3. The van der Waals surface area contributed by atoms with E-state index in [1.807, 2.05) is 7.11 Å². The second-order valence-electron chi connectivity index (χ2n) is 4.94. The normalized spacial score (nSPS) is 26.1. The molecule has 2 heteroatoms. The summed E-state index contributed by atoms with van der Waals surface area (Å²) >= 11 is 0. The van der Waals surface area contributed by atoms with Crippen LogP contribution in [-0.4, -0.2) is 36.7 Å². The van der Waals surface area contributed by atoms with E-state index in [2.05, 4.69) is 25.7 Å². The SMILES string of the molecule is CCC(C)(C)N1CCCC(OC)CC1. The third-order valence-electron chi connectivity index (χ3n) is 3.73. The van der Waals surface area contributed by atoms with Gasteiger partial charge in [0, 0.05) is 19.2 Å². The van der Waals surface area contributed by atoms with Crippen LogP contribution in [0.2, 0.25) is 0 Å². The molecule has 0 aromatic rings. The van der Waals surface area contributed by atoms with Crippen molar-refractivity contribution in [2.24, 2.45) is 0 Å². The molecule has 14 heavy (non-hydrogen) atoms. The summed E-state index contributed by atoms with van der Waals surface area (Å²) in [4.78, 5) is 2.62. The Morgan fingerprint density at radius 3 is 2.57 bits per heavy atom. The van der Waals surface area contributed by atoms with E-state index in [1.54, 1.807) is 0 Å². The van der Waals surface area contributed by atoms with Crippen LogP contribution in [0.4, 0.5) is 0 Å². The van der Waals surface area contributed by atoms with Crippen molar-refractivity contribution in [3.8, 4) is 0 Å². The zero-order valence-electron chi connectivity index (χ0n) is 10.2. The predicted octanol–water partition coefficient (Wildman–Crippen LogP) is 2.68. The maximum atomic E-state index is 5.44. The summed E-state index contributed by atoms with van der Waals surface area (Å²) in [6, 6.07) is 0. The van der Waals surface area contributed by atoms with Crippen LogP contribution in [0.1, 0.15) is 46.5 Å². The van der Waals surface area contributed by atoms with Crippen molar-refractivity contribution in [1.82, 2.24) is 4.90 Å². The van der Waals surface area contributed by atoms with Gasteiger partial charge in [-0.2, -0.15) is 0 Å². The zero-order valence-corrected chi connectivity index (χ0v) is 10.2. The molecule has 1 unspecified atom stereocenters. The van der Waals surface area contributed by atoms with Crippen molar-refractivity contribution in [2.45, 2.75) is 58.1 Å². The second-order valence-corrected chi connectivity index (χ2v) is 4.94. The minimum absolute atomic E-state index is 0.364. The molecule has 1 fully saturated rings. The average molecular weight is 199 g/mol. The van der Waals surface area contributed by atoms with E-state index in [0.29, 0.717) is 11.6 Å². The Kier molecular flexibility index (Phi) is 4.39. The largest absolute Gasteiger partial charge is 0.381 e. The maximum Gasteiger partial charge on any atom is 0.0584 e. The molecule has 1 aliphatic rings. The minimum atomic E-state index is 0.364. The molecule has 1 heterocycles. The Morgan fingerprint density at radius 1 is 1.29 bits per heavy atom. The van der Waals surface area contributed by atoms with E-state index in [-0.39, 0.29) is 0 Å². The fourth-order valence-electron chi connectivity index (χ4n) is 2.13. The molecule has 1 saturated heterocycles. The summed E-state index contributed by atoms with van der Waals surface area (Å²) in [6.07, 6.45) is 5.42. The molecule has 0 aromatic heterocycles. The molecule has 0 radical (unpaired) electrons. The van der Waals surface area contributed by atoms with Crippen LogP contribution in [0.25, 0.3) is 0 Å². The van der Waals surface area contributed by atoms with Gasteiger partial charge in [-0.3, -0.25) is 4.90 Å². The summed E-state index contributed by atoms with van der Waals surface area (Å²) in [7, 11) is 1.84. The summed E-state index contributed by atoms with van der Waals surface area (Å²) in [5.41, 5.74) is 0.364. The van der Waals surface area contributed by atoms with Crippen molar-refractivity contribution in [2.75, 3.05) is 20.2 Å². The van der Waals surface area contributed by atoms with Gasteiger partial charge in [-0.1, -0.05) is 6.92 Å². The predicted molar refractivity (Wildman–Crippen MR) is 60.6 cm³/mol. The van der Waals surface area contributed by atoms with Gasteiger partial charge >= 0.3 is 0 Å². The van der Waals surface area contributed by atoms with Gasteiger partial charge in [-0.15, -0.1) is 0 Å². The number of nitrogens with zero attached hydrogens (tertiary/aromatic N) is 1. The van der Waals surface area contributed by atoms with Crippen LogP contribution >= 0.6 is 0 Å². The van der Waals surface area contributed by atoms with E-state index in [0.717, 1.165) is 0 Å². The van der Waals surface area contributed by atoms with Crippen molar-refractivity contribution in [3.05, 3.63) is 0 Å². The third-order valence-corrected chi connectivity index (χ3v) is 3.73. The van der Waals surface area contributed by atoms with Gasteiger partial charge in [0.2, 0.25) is 0 Å². The molecule has 0 aromatic carbocycles. The van der Waals surface area contributed by atoms with Gasteiger partial charge in [-0.25, -0.2) is 0 Å². The molecule has 1 aliphatic heterocycles. The summed E-state index contributed by atoms with van der Waals surface area (Å²) in [5, 5.41) is 0. The molecular formula is C12H25NO. The van der Waals surface area contributed by atoms with E-state index in [1.165, 1.54) is 38.8 Å². The highest BCUT2D eigenvalue weighted by atomic mass is 16.5. The van der Waals surface area contributed by atoms with Gasteiger partial charge in [0.05, 0.1) is 6.10 Å². The number of ether oxygens (including phenoxy) is 1. The smallest absolute Gasteiger partial charge is 0.0584 e. The monoisotopic (exact) mass is 199 g/mol. The van der Waals surface area contributed by atoms with E-state index in [9.17, 15) is 0 Å². The first-order valence-electron chi connectivity index (χ1n) is 5.88. The Morgan fingerprint density at radius 2 is 2.00 bits per heavy atom. The van der Waals surface area contributed by atoms with Gasteiger partial charge < -0.3 is 4.74 Å². The topological polar surface area (TPSA) is 12.5 Å². The highest BCUT2D eigenvalue weighted by Gasteiger charge is 2.27. The molecule has 0 spiro atoms. The second kappa shape index (κ2) is 5.13. The van der Waals surface area contributed by atoms with Gasteiger partial charge in [0.15, 0.2) is 0 Å². The quantitative estimate of drug-likeness (QED) is 0.693. The number of hydrogen-bond donors (Lipinski definition) is 0. The maximum absolute atomic E-state index is 5.44. The molecule has 0 saturated carbocycles. The third kappa shape index (κ3) is 2.96. The molecule has 1 atom stereocenters. The summed E-state index contributed by atoms with van der Waals surface area (Å²) < 4.78 is 5.44. The zero-order chi connectivity index (χ0) is 10.6. The Bertz CT molecular complexity index is 168. The van der Waals surface area contributed by atoms with Crippen molar-refractivity contribution >= 4 is 0 Å². The molecule has 0 amide bonds. The van der Waals surface area contributed by atoms with Crippen LogP contribution in [0.5, 0.6) is 0 Å². The molecule has 0 bridgehead atoms. The van der Waals surface area contributed by atoms with Gasteiger partial charge in [0.1, 0.15) is 0 Å². The highest BCUT2D eigenvalue weighted by molar-refractivity contribution is 4.82. The Labute approximate surface area is 88.6 Å². The highest BCUT2D eigenvalue weighted by Crippen LogP contribution is 2.23. The number of likely N-dealkylation sites (tertiary alicyclic amines) is 1. The average Bonchev–Trinajstić information content (AvgIpc) is 2.42. The molecule has 2 nitrogen and oxygen atoms in total. The van der Waals surface area contributed by atoms with Crippen LogP contribution < -0.4 is 0 Å². The summed E-state index contributed by atoms with van der Waals surface area (Å²) in [5.74, 6) is 0. The van der Waals surface area contributed by atoms with Crippen LogP contribution in [-0.2, 0) is 4.74 Å². The van der Waals surface area contributed by atoms with Crippen LogP contribution in [0, 0.1) is 0 Å². The fourth-order valence-corrected chi connectivity index (χ4v) is 2.13. The minimum Gasteiger partial charge on any atom is -0.381 e. The van der Waals surface area contributed by atoms with E-state index in [4.69, 9.17) is 4.74 Å². The molecule has 1 rings (SSSR count). The lowest BCUT2D eigenvalue weighted by atomic mass is 9.99. The molecular weight excluding hydrogens is 174 g/mol. The lowest BCUT2D eigenvalue weighted by Gasteiger charge is -2.37. The Balaban J connectivity index is 2.49. The van der Waals surface area contributed by atoms with Crippen molar-refractivity contribution in [1.29, 1.82) is 0 Å². The van der Waals surface area contributed by atoms with Crippen molar-refractivity contribution in [3.63, 3.8) is 0 Å². The van der Waals surface area contributed by atoms with Gasteiger partial charge in [0.25, 0.3) is 0 Å². The standard InChI is InChI=1S/C12H25NO/c1-5-12(2,3)13-9-6-7-11(14-4)8-10-13/h11H,5-10H2,1-4H3. The lowest BCUT2D eigenvalue weighted by Crippen LogP contribution is -2.44. The number of hydrogen-bond acceptors (Lipinski definition) is 2. The number of methoxy groups -OCH3 is 1. The van der Waals surface area contributed by atoms with E-state index < -0.39 is 0 Å². The van der Waals surface area contributed by atoms with Gasteiger partial charge in [-0.05, 0) is 46.1 Å². The van der Waals surface area contributed by atoms with Crippen LogP contribution in [0.3, 0.4) is 0 Å². The molecule has 84 valence electrons. The van der Waals surface area contributed by atoms with Crippen LogP contribution in [0.15, 0.2) is 0 Å². The van der Waals surface area contributed by atoms with Crippen molar-refractivity contribution < 1.29 is 4.74 Å². The molecule has 0 N–H and O–H groups in total. The first kappa shape index (κ1) is 12.0. The first-order chi connectivity index (χ1) is 6.60. The first-order valence-corrected chi connectivity index (χ1v) is 5.88.